The summed E-state index contributed by atoms with van der Waals surface area (Å²) in [6.07, 6.45) is -0.0525. The minimum absolute atomic E-state index is 0.0215. The highest BCUT2D eigenvalue weighted by Gasteiger charge is 1.99. The molecule has 0 saturated carbocycles. The molecule has 0 aliphatic carbocycles. The van der Waals surface area contributed by atoms with Crippen LogP contribution in [0.15, 0.2) is 0 Å². The Bertz CT molecular complexity index is 168. The summed E-state index contributed by atoms with van der Waals surface area (Å²) in [5, 5.41) is 16.2. The second-order valence-electron chi connectivity index (χ2n) is 1.82. The molecule has 0 heterocycles. The topological polar surface area (TPSA) is 66.0 Å². The van der Waals surface area contributed by atoms with Gasteiger partial charge in [-0.05, 0) is 6.92 Å². The third-order valence-corrected chi connectivity index (χ3v) is 0.949. The van der Waals surface area contributed by atoms with Crippen LogP contribution in [0.2, 0.25) is 0 Å². The van der Waals surface area contributed by atoms with E-state index in [4.69, 9.17) is 20.0 Å². The summed E-state index contributed by atoms with van der Waals surface area (Å²) >= 11 is 0. The van der Waals surface area contributed by atoms with Crippen LogP contribution >= 0.6 is 0 Å². The molecule has 60 valence electrons. The summed E-state index contributed by atoms with van der Waals surface area (Å²) in [5.74, 6) is 0. The number of hydrogen-bond acceptors (Lipinski definition) is 4. The average molecular weight is 154 g/mol. The van der Waals surface area contributed by atoms with Crippen LogP contribution in [-0.4, -0.2) is 19.5 Å². The number of nitriles is 2. The van der Waals surface area contributed by atoms with Gasteiger partial charge in [0, 0.05) is 0 Å². The highest BCUT2D eigenvalue weighted by molar-refractivity contribution is 4.68. The van der Waals surface area contributed by atoms with Gasteiger partial charge in [-0.15, -0.1) is 0 Å². The van der Waals surface area contributed by atoms with Crippen LogP contribution in [-0.2, 0) is 9.47 Å². The molecule has 1 unspecified atom stereocenters. The van der Waals surface area contributed by atoms with Crippen LogP contribution in [0.5, 0.6) is 0 Å². The van der Waals surface area contributed by atoms with Crippen molar-refractivity contribution in [2.75, 3.05) is 13.2 Å². The van der Waals surface area contributed by atoms with Crippen LogP contribution in [0.25, 0.3) is 0 Å². The van der Waals surface area contributed by atoms with E-state index >= 15 is 0 Å². The minimum Gasteiger partial charge on any atom is -0.352 e. The molecule has 0 rings (SSSR count). The van der Waals surface area contributed by atoms with Crippen molar-refractivity contribution in [1.29, 1.82) is 10.5 Å². The Hall–Kier alpha value is -1.10. The van der Waals surface area contributed by atoms with Crippen molar-refractivity contribution >= 4 is 0 Å². The molecule has 0 fully saturated rings. The Morgan fingerprint density at radius 2 is 2.00 bits per heavy atom. The first-order chi connectivity index (χ1) is 5.31. The van der Waals surface area contributed by atoms with E-state index in [1.54, 1.807) is 6.92 Å². The van der Waals surface area contributed by atoms with E-state index in [1.807, 2.05) is 12.1 Å². The maximum Gasteiger partial charge on any atom is 0.156 e. The molecule has 0 aromatic carbocycles. The molecule has 4 nitrogen and oxygen atoms in total. The maximum atomic E-state index is 8.13. The van der Waals surface area contributed by atoms with Gasteiger partial charge in [-0.2, -0.15) is 10.5 Å². The van der Waals surface area contributed by atoms with Gasteiger partial charge in [0.1, 0.15) is 6.61 Å². The molecule has 0 amide bonds. The van der Waals surface area contributed by atoms with Gasteiger partial charge in [-0.3, -0.25) is 0 Å². The summed E-state index contributed by atoms with van der Waals surface area (Å²) in [7, 11) is 0. The molecule has 0 spiro atoms. The molecule has 0 radical (unpaired) electrons. The van der Waals surface area contributed by atoms with E-state index < -0.39 is 6.29 Å². The molecule has 0 aliphatic heterocycles. The van der Waals surface area contributed by atoms with Gasteiger partial charge in [0.25, 0.3) is 0 Å². The van der Waals surface area contributed by atoms with Gasteiger partial charge in [-0.1, -0.05) is 0 Å². The summed E-state index contributed by atoms with van der Waals surface area (Å²) in [6.45, 7) is 2.06. The number of nitrogens with zero attached hydrogens (tertiary/aromatic N) is 2. The van der Waals surface area contributed by atoms with E-state index in [9.17, 15) is 0 Å². The SMILES string of the molecule is CC(OCC#N)OCCC#N. The number of ether oxygens (including phenoxy) is 2. The smallest absolute Gasteiger partial charge is 0.156 e. The second-order valence-corrected chi connectivity index (χ2v) is 1.82. The molecular formula is C7H10N2O2. The van der Waals surface area contributed by atoms with Gasteiger partial charge in [0.05, 0.1) is 25.2 Å². The molecule has 0 saturated heterocycles. The first-order valence-corrected chi connectivity index (χ1v) is 3.28. The Labute approximate surface area is 65.9 Å². The molecular weight excluding hydrogens is 144 g/mol. The van der Waals surface area contributed by atoms with Crippen molar-refractivity contribution in [2.24, 2.45) is 0 Å². The van der Waals surface area contributed by atoms with Gasteiger partial charge in [-0.25, -0.2) is 0 Å². The van der Waals surface area contributed by atoms with E-state index in [0.717, 1.165) is 0 Å². The maximum absolute atomic E-state index is 8.13. The predicted molar refractivity (Wildman–Crippen MR) is 37.2 cm³/mol. The van der Waals surface area contributed by atoms with E-state index in [2.05, 4.69) is 0 Å². The van der Waals surface area contributed by atoms with Gasteiger partial charge in [0.15, 0.2) is 6.29 Å². The van der Waals surface area contributed by atoms with Crippen LogP contribution in [0.3, 0.4) is 0 Å². The van der Waals surface area contributed by atoms with Gasteiger partial charge in [0.2, 0.25) is 0 Å². The van der Waals surface area contributed by atoms with Crippen molar-refractivity contribution in [1.82, 2.24) is 0 Å². The largest absolute Gasteiger partial charge is 0.352 e. The van der Waals surface area contributed by atoms with Crippen LogP contribution in [0, 0.1) is 22.7 Å². The normalized spacial score (nSPS) is 11.5. The molecule has 0 aliphatic rings. The fourth-order valence-corrected chi connectivity index (χ4v) is 0.473. The molecule has 11 heavy (non-hydrogen) atoms. The Morgan fingerprint density at radius 1 is 1.27 bits per heavy atom. The van der Waals surface area contributed by atoms with Gasteiger partial charge >= 0.3 is 0 Å². The van der Waals surface area contributed by atoms with Crippen molar-refractivity contribution in [3.05, 3.63) is 0 Å². The third kappa shape index (κ3) is 6.79. The van der Waals surface area contributed by atoms with Gasteiger partial charge < -0.3 is 9.47 Å². The van der Waals surface area contributed by atoms with E-state index in [1.165, 1.54) is 0 Å². The molecule has 0 aromatic rings. The molecule has 0 aromatic heterocycles. The lowest BCUT2D eigenvalue weighted by molar-refractivity contribution is -0.119. The van der Waals surface area contributed by atoms with Crippen LogP contribution in [0.4, 0.5) is 0 Å². The summed E-state index contributed by atoms with van der Waals surface area (Å²) in [5.41, 5.74) is 0. The first kappa shape index (κ1) is 9.90. The van der Waals surface area contributed by atoms with Crippen LogP contribution in [0.1, 0.15) is 13.3 Å². The van der Waals surface area contributed by atoms with Crippen molar-refractivity contribution in [3.8, 4) is 12.1 Å². The zero-order chi connectivity index (χ0) is 8.53. The summed E-state index contributed by atoms with van der Waals surface area (Å²) in [6, 6.07) is 3.76. The standard InChI is InChI=1S/C7H10N2O2/c1-7(11-6-4-9)10-5-2-3-8/h7H,2,5-6H2,1H3. The first-order valence-electron chi connectivity index (χ1n) is 3.28. The summed E-state index contributed by atoms with van der Waals surface area (Å²) in [4.78, 5) is 0. The monoisotopic (exact) mass is 154 g/mol. The average Bonchev–Trinajstić information content (AvgIpc) is 2.01. The zero-order valence-corrected chi connectivity index (χ0v) is 6.41. The zero-order valence-electron chi connectivity index (χ0n) is 6.41. The van der Waals surface area contributed by atoms with Crippen molar-refractivity contribution < 1.29 is 9.47 Å². The van der Waals surface area contributed by atoms with Crippen molar-refractivity contribution in [2.45, 2.75) is 19.6 Å². The lowest BCUT2D eigenvalue weighted by Crippen LogP contribution is -2.13. The highest BCUT2D eigenvalue weighted by Crippen LogP contribution is 1.93. The molecule has 4 heteroatoms. The van der Waals surface area contributed by atoms with Crippen molar-refractivity contribution in [3.63, 3.8) is 0 Å². The molecule has 1 atom stereocenters. The van der Waals surface area contributed by atoms with Crippen LogP contribution < -0.4 is 0 Å². The van der Waals surface area contributed by atoms with E-state index in [-0.39, 0.29) is 6.61 Å². The third-order valence-electron chi connectivity index (χ3n) is 0.949. The quantitative estimate of drug-likeness (QED) is 0.434. The lowest BCUT2D eigenvalue weighted by Gasteiger charge is -2.09. The Kier molecular flexibility index (Phi) is 6.31. The fourth-order valence-electron chi connectivity index (χ4n) is 0.473. The number of hydrogen-bond donors (Lipinski definition) is 0. The molecule has 0 N–H and O–H groups in total. The van der Waals surface area contributed by atoms with E-state index in [0.29, 0.717) is 13.0 Å². The summed E-state index contributed by atoms with van der Waals surface area (Å²) < 4.78 is 9.83. The minimum atomic E-state index is -0.400. The Balaban J connectivity index is 3.18. The highest BCUT2D eigenvalue weighted by atomic mass is 16.7. The number of rotatable bonds is 5. The molecule has 0 bridgehead atoms. The second kappa shape index (κ2) is 7.01. The predicted octanol–water partition coefficient (Wildman–Crippen LogP) is 0.803. The Morgan fingerprint density at radius 3 is 2.55 bits per heavy atom. The fraction of sp³-hybridized carbons (Fsp3) is 0.714. The lowest BCUT2D eigenvalue weighted by atomic mass is 10.5.